The summed E-state index contributed by atoms with van der Waals surface area (Å²) in [4.78, 5) is 14.7. The molecule has 0 radical (unpaired) electrons. The summed E-state index contributed by atoms with van der Waals surface area (Å²) in [5.74, 6) is -0.524. The van der Waals surface area contributed by atoms with Gasteiger partial charge in [-0.2, -0.15) is 4.39 Å². The van der Waals surface area contributed by atoms with E-state index in [2.05, 4.69) is 26.2 Å². The predicted molar refractivity (Wildman–Crippen MR) is 60.4 cm³/mol. The van der Waals surface area contributed by atoms with Gasteiger partial charge in [0.05, 0.1) is 16.7 Å². The highest BCUT2D eigenvalue weighted by Gasteiger charge is 2.18. The molecule has 1 amide bonds. The van der Waals surface area contributed by atoms with Crippen LogP contribution in [0.15, 0.2) is 18.3 Å². The quantitative estimate of drug-likeness (QED) is 0.680. The molecule has 15 heavy (non-hydrogen) atoms. The van der Waals surface area contributed by atoms with E-state index in [4.69, 9.17) is 0 Å². The van der Waals surface area contributed by atoms with E-state index in [0.29, 0.717) is 5.69 Å². The number of hydrogen-bond acceptors (Lipinski definition) is 2. The smallest absolute Gasteiger partial charge is 0.238 e. The minimum atomic E-state index is -0.563. The van der Waals surface area contributed by atoms with Crippen LogP contribution in [0.4, 0.5) is 10.1 Å². The lowest BCUT2D eigenvalue weighted by Gasteiger charge is -2.13. The van der Waals surface area contributed by atoms with Crippen LogP contribution in [0, 0.1) is 11.9 Å². The van der Waals surface area contributed by atoms with Crippen molar-refractivity contribution in [2.75, 3.05) is 5.32 Å². The Labute approximate surface area is 96.2 Å². The average Bonchev–Trinajstić information content (AvgIpc) is 2.20. The van der Waals surface area contributed by atoms with E-state index in [1.807, 2.05) is 13.8 Å². The van der Waals surface area contributed by atoms with E-state index in [9.17, 15) is 9.18 Å². The molecule has 0 aliphatic rings. The number of carbonyl (C=O) groups is 1. The van der Waals surface area contributed by atoms with Crippen LogP contribution in [0.25, 0.3) is 0 Å². The highest BCUT2D eigenvalue weighted by molar-refractivity contribution is 9.10. The lowest BCUT2D eigenvalue weighted by molar-refractivity contribution is -0.116. The highest BCUT2D eigenvalue weighted by atomic mass is 79.9. The monoisotopic (exact) mass is 274 g/mol. The van der Waals surface area contributed by atoms with Gasteiger partial charge in [-0.1, -0.05) is 29.8 Å². The molecule has 0 fully saturated rings. The largest absolute Gasteiger partial charge is 0.324 e. The third kappa shape index (κ3) is 3.58. The third-order valence-corrected chi connectivity index (χ3v) is 3.30. The molecule has 0 saturated carbocycles. The third-order valence-electron chi connectivity index (χ3n) is 1.83. The van der Waals surface area contributed by atoms with Gasteiger partial charge in [-0.25, -0.2) is 4.98 Å². The van der Waals surface area contributed by atoms with Crippen molar-refractivity contribution in [2.45, 2.75) is 18.7 Å². The number of anilines is 1. The number of halogens is 2. The van der Waals surface area contributed by atoms with E-state index in [1.165, 1.54) is 18.3 Å². The molecule has 0 aliphatic heterocycles. The van der Waals surface area contributed by atoms with Crippen LogP contribution in [0.3, 0.4) is 0 Å². The molecule has 0 aliphatic carbocycles. The molecule has 0 spiro atoms. The molecule has 0 aromatic carbocycles. The minimum Gasteiger partial charge on any atom is -0.324 e. The van der Waals surface area contributed by atoms with Crippen LogP contribution < -0.4 is 5.32 Å². The molecule has 0 saturated heterocycles. The molecule has 1 unspecified atom stereocenters. The Kier molecular flexibility index (Phi) is 4.20. The first-order valence-corrected chi connectivity index (χ1v) is 5.48. The molecule has 82 valence electrons. The lowest BCUT2D eigenvalue weighted by Crippen LogP contribution is -2.27. The molecule has 3 nitrogen and oxygen atoms in total. The van der Waals surface area contributed by atoms with Crippen LogP contribution in [-0.2, 0) is 4.79 Å². The molecule has 1 aromatic rings. The molecule has 5 heteroatoms. The topological polar surface area (TPSA) is 42.0 Å². The van der Waals surface area contributed by atoms with Crippen LogP contribution in [0.2, 0.25) is 0 Å². The zero-order chi connectivity index (χ0) is 11.4. The lowest BCUT2D eigenvalue weighted by atomic mass is 10.1. The van der Waals surface area contributed by atoms with Crippen molar-refractivity contribution in [1.29, 1.82) is 0 Å². The number of aromatic nitrogens is 1. The fraction of sp³-hybridized carbons (Fsp3) is 0.400. The molecule has 1 atom stereocenters. The van der Waals surface area contributed by atoms with Gasteiger partial charge in [-0.15, -0.1) is 0 Å². The Morgan fingerprint density at radius 2 is 2.20 bits per heavy atom. The Morgan fingerprint density at radius 1 is 1.53 bits per heavy atom. The van der Waals surface area contributed by atoms with E-state index in [1.54, 1.807) is 0 Å². The Balaban J connectivity index is 2.62. The predicted octanol–water partition coefficient (Wildman–Crippen LogP) is 2.58. The summed E-state index contributed by atoms with van der Waals surface area (Å²) in [6, 6.07) is 2.68. The van der Waals surface area contributed by atoms with Gasteiger partial charge in [-0.3, -0.25) is 4.79 Å². The fourth-order valence-corrected chi connectivity index (χ4v) is 1.08. The number of carbonyl (C=O) groups excluding carboxylic acids is 1. The number of nitrogens with one attached hydrogen (secondary N) is 1. The van der Waals surface area contributed by atoms with Crippen molar-refractivity contribution >= 4 is 27.5 Å². The van der Waals surface area contributed by atoms with Crippen molar-refractivity contribution in [3.8, 4) is 0 Å². The molecule has 1 N–H and O–H groups in total. The van der Waals surface area contributed by atoms with E-state index in [0.717, 1.165) is 0 Å². The minimum absolute atomic E-state index is 0.154. The van der Waals surface area contributed by atoms with Gasteiger partial charge in [0.15, 0.2) is 0 Å². The molecule has 1 aromatic heterocycles. The number of nitrogens with zero attached hydrogens (tertiary/aromatic N) is 1. The summed E-state index contributed by atoms with van der Waals surface area (Å²) < 4.78 is 12.5. The summed E-state index contributed by atoms with van der Waals surface area (Å²) >= 11 is 3.27. The van der Waals surface area contributed by atoms with Gasteiger partial charge in [0.25, 0.3) is 0 Å². The number of amides is 1. The number of rotatable bonds is 3. The van der Waals surface area contributed by atoms with Crippen LogP contribution in [-0.4, -0.2) is 15.7 Å². The van der Waals surface area contributed by atoms with Crippen LogP contribution >= 0.6 is 15.9 Å². The van der Waals surface area contributed by atoms with Crippen molar-refractivity contribution < 1.29 is 9.18 Å². The van der Waals surface area contributed by atoms with Crippen molar-refractivity contribution in [3.63, 3.8) is 0 Å². The van der Waals surface area contributed by atoms with Gasteiger partial charge in [0, 0.05) is 0 Å². The molecular weight excluding hydrogens is 263 g/mol. The normalized spacial score (nSPS) is 12.6. The van der Waals surface area contributed by atoms with Crippen LogP contribution in [0.5, 0.6) is 0 Å². The van der Waals surface area contributed by atoms with Crippen LogP contribution in [0.1, 0.15) is 13.8 Å². The summed E-state index contributed by atoms with van der Waals surface area (Å²) in [6.07, 6.45) is 1.28. The van der Waals surface area contributed by atoms with Gasteiger partial charge in [0.2, 0.25) is 11.9 Å². The first kappa shape index (κ1) is 12.1. The molecule has 1 rings (SSSR count). The molecule has 0 bridgehead atoms. The Morgan fingerprint density at radius 3 is 2.67 bits per heavy atom. The maximum absolute atomic E-state index is 12.5. The van der Waals surface area contributed by atoms with E-state index < -0.39 is 5.95 Å². The van der Waals surface area contributed by atoms with Gasteiger partial charge in [-0.05, 0) is 18.1 Å². The average molecular weight is 275 g/mol. The highest BCUT2D eigenvalue weighted by Crippen LogP contribution is 2.15. The summed E-state index contributed by atoms with van der Waals surface area (Å²) in [5.41, 5.74) is 0.492. The maximum atomic E-state index is 12.5. The number of hydrogen-bond donors (Lipinski definition) is 1. The van der Waals surface area contributed by atoms with Crippen molar-refractivity contribution in [3.05, 3.63) is 24.3 Å². The first-order valence-electron chi connectivity index (χ1n) is 4.57. The number of alkyl halides is 1. The van der Waals surface area contributed by atoms with Gasteiger partial charge in [0.1, 0.15) is 0 Å². The second kappa shape index (κ2) is 5.21. The summed E-state index contributed by atoms with van der Waals surface area (Å²) in [5, 5.41) is 2.64. The zero-order valence-electron chi connectivity index (χ0n) is 8.50. The van der Waals surface area contributed by atoms with E-state index >= 15 is 0 Å². The van der Waals surface area contributed by atoms with Crippen molar-refractivity contribution in [1.82, 2.24) is 4.98 Å². The van der Waals surface area contributed by atoms with E-state index in [-0.39, 0.29) is 16.7 Å². The molecule has 1 heterocycles. The SMILES string of the molecule is CC(C)C(Br)C(=O)Nc1ccc(F)nc1. The van der Waals surface area contributed by atoms with Gasteiger partial charge < -0.3 is 5.32 Å². The first-order chi connectivity index (χ1) is 7.00. The maximum Gasteiger partial charge on any atom is 0.238 e. The Hall–Kier alpha value is -0.970. The fourth-order valence-electron chi connectivity index (χ4n) is 0.964. The number of pyridine rings is 1. The second-order valence-corrected chi connectivity index (χ2v) is 4.49. The molecular formula is C10H12BrFN2O. The zero-order valence-corrected chi connectivity index (χ0v) is 10.1. The summed E-state index contributed by atoms with van der Waals surface area (Å²) in [6.45, 7) is 3.86. The second-order valence-electron chi connectivity index (χ2n) is 3.50. The van der Waals surface area contributed by atoms with Crippen molar-refractivity contribution in [2.24, 2.45) is 5.92 Å². The standard InChI is InChI=1S/C10H12BrFN2O/c1-6(2)9(11)10(15)14-7-3-4-8(12)13-5-7/h3-6,9H,1-2H3,(H,14,15). The van der Waals surface area contributed by atoms with Gasteiger partial charge >= 0.3 is 0 Å². The summed E-state index contributed by atoms with van der Waals surface area (Å²) in [7, 11) is 0. The Bertz CT molecular complexity index is 340.